The number of aliphatic hydroxyl groups is 1. The van der Waals surface area contributed by atoms with Crippen LogP contribution in [0.3, 0.4) is 0 Å². The van der Waals surface area contributed by atoms with Gasteiger partial charge in [0.05, 0.1) is 17.8 Å². The van der Waals surface area contributed by atoms with Crippen LogP contribution in [0.1, 0.15) is 85.0 Å². The molecule has 0 aromatic heterocycles. The van der Waals surface area contributed by atoms with E-state index in [0.29, 0.717) is 22.3 Å². The first-order chi connectivity index (χ1) is 14.8. The number of nitrogens with one attached hydrogen (secondary N) is 1. The highest BCUT2D eigenvalue weighted by Gasteiger charge is 2.92. The molecule has 0 bridgehead atoms. The van der Waals surface area contributed by atoms with Crippen molar-refractivity contribution >= 4 is 0 Å². The minimum atomic E-state index is -0.0912. The van der Waals surface area contributed by atoms with Gasteiger partial charge in [0.1, 0.15) is 0 Å². The average Bonchev–Trinajstić information content (AvgIpc) is 3.25. The van der Waals surface area contributed by atoms with E-state index in [1.54, 1.807) is 5.57 Å². The van der Waals surface area contributed by atoms with Crippen molar-refractivity contribution in [2.24, 2.45) is 45.8 Å². The Morgan fingerprint density at radius 1 is 1.13 bits per heavy atom. The van der Waals surface area contributed by atoms with Crippen LogP contribution in [0, 0.1) is 45.8 Å². The topological polar surface area (TPSA) is 41.5 Å². The molecule has 3 spiro atoms. The molecule has 12 atom stereocenters. The van der Waals surface area contributed by atoms with Gasteiger partial charge in [-0.3, -0.25) is 0 Å². The largest absolute Gasteiger partial charge is 0.393 e. The van der Waals surface area contributed by atoms with Gasteiger partial charge in [-0.05, 0) is 112 Å². The first-order valence-corrected chi connectivity index (χ1v) is 13.6. The Bertz CT molecular complexity index is 899. The SMILES string of the molecule is C[C@@H]1CN[C@@]2(C)[C@H]3CC45CC46CC4C(CC=C7C[C@@H](O)CC[C@@]74C)[C@@H]6CC[C@@]35O[C@@H]2C1. The highest BCUT2D eigenvalue weighted by Crippen LogP contribution is 2.93. The predicted octanol–water partition coefficient (Wildman–Crippen LogP) is 4.84. The molecule has 8 aliphatic rings. The minimum absolute atomic E-state index is 0.0912. The molecule has 7 fully saturated rings. The Hall–Kier alpha value is -0.380. The molecule has 2 N–H and O–H groups in total. The molecule has 8 rings (SSSR count). The third kappa shape index (κ3) is 1.81. The number of hydrogen-bond donors (Lipinski definition) is 2. The summed E-state index contributed by atoms with van der Waals surface area (Å²) in [4.78, 5) is 0. The molecule has 0 amide bonds. The zero-order chi connectivity index (χ0) is 21.0. The molecule has 0 aromatic rings. The summed E-state index contributed by atoms with van der Waals surface area (Å²) < 4.78 is 7.27. The lowest BCUT2D eigenvalue weighted by Gasteiger charge is -2.61. The van der Waals surface area contributed by atoms with Crippen molar-refractivity contribution in [1.82, 2.24) is 5.32 Å². The van der Waals surface area contributed by atoms with Crippen LogP contribution < -0.4 is 5.32 Å². The number of rotatable bonds is 0. The monoisotopic (exact) mass is 423 g/mol. The molecule has 2 aliphatic heterocycles. The second-order valence-electron chi connectivity index (χ2n) is 14.1. The molecule has 5 saturated carbocycles. The van der Waals surface area contributed by atoms with Crippen LogP contribution in [0.4, 0.5) is 0 Å². The van der Waals surface area contributed by atoms with Crippen LogP contribution >= 0.6 is 0 Å². The van der Waals surface area contributed by atoms with Crippen molar-refractivity contribution in [3.05, 3.63) is 11.6 Å². The van der Waals surface area contributed by atoms with Crippen LogP contribution in [-0.4, -0.2) is 35.0 Å². The Morgan fingerprint density at radius 2 is 2.00 bits per heavy atom. The summed E-state index contributed by atoms with van der Waals surface area (Å²) in [6.45, 7) is 8.66. The zero-order valence-corrected chi connectivity index (χ0v) is 19.8. The normalized spacial score (nSPS) is 67.5. The zero-order valence-electron chi connectivity index (χ0n) is 19.8. The lowest BCUT2D eigenvalue weighted by molar-refractivity contribution is -0.211. The molecule has 3 nitrogen and oxygen atoms in total. The van der Waals surface area contributed by atoms with E-state index < -0.39 is 0 Å². The van der Waals surface area contributed by atoms with E-state index >= 15 is 0 Å². The van der Waals surface area contributed by atoms with Gasteiger partial charge in [-0.25, -0.2) is 0 Å². The third-order valence-corrected chi connectivity index (χ3v) is 13.4. The summed E-state index contributed by atoms with van der Waals surface area (Å²) >= 11 is 0. The van der Waals surface area contributed by atoms with E-state index in [1.165, 1.54) is 57.9 Å². The van der Waals surface area contributed by atoms with E-state index in [0.717, 1.165) is 42.4 Å². The lowest BCUT2D eigenvalue weighted by atomic mass is 9.45. The molecule has 3 heteroatoms. The van der Waals surface area contributed by atoms with E-state index in [1.807, 2.05) is 0 Å². The summed E-state index contributed by atoms with van der Waals surface area (Å²) in [5.74, 6) is 4.19. The Morgan fingerprint density at radius 3 is 2.87 bits per heavy atom. The highest BCUT2D eigenvalue weighted by atomic mass is 16.5. The first-order valence-electron chi connectivity index (χ1n) is 13.6. The highest BCUT2D eigenvalue weighted by molar-refractivity contribution is 5.43. The van der Waals surface area contributed by atoms with Gasteiger partial charge in [-0.2, -0.15) is 0 Å². The Balaban J connectivity index is 1.15. The van der Waals surface area contributed by atoms with Crippen molar-refractivity contribution in [2.45, 2.75) is 108 Å². The van der Waals surface area contributed by atoms with Crippen molar-refractivity contribution in [3.8, 4) is 0 Å². The van der Waals surface area contributed by atoms with Gasteiger partial charge in [0.2, 0.25) is 0 Å². The maximum atomic E-state index is 10.3. The van der Waals surface area contributed by atoms with Gasteiger partial charge < -0.3 is 15.2 Å². The number of ether oxygens (including phenoxy) is 1. The minimum Gasteiger partial charge on any atom is -0.393 e. The Labute approximate surface area is 187 Å². The lowest BCUT2D eigenvalue weighted by Crippen LogP contribution is -2.68. The summed E-state index contributed by atoms with van der Waals surface area (Å²) in [6, 6.07) is 0. The molecular weight excluding hydrogens is 382 g/mol. The van der Waals surface area contributed by atoms with Crippen LogP contribution in [0.15, 0.2) is 11.6 Å². The second-order valence-corrected chi connectivity index (χ2v) is 14.1. The van der Waals surface area contributed by atoms with E-state index in [2.05, 4.69) is 32.2 Å². The maximum absolute atomic E-state index is 10.3. The fourth-order valence-electron chi connectivity index (χ4n) is 11.8. The molecule has 31 heavy (non-hydrogen) atoms. The van der Waals surface area contributed by atoms with Crippen molar-refractivity contribution in [1.29, 1.82) is 0 Å². The molecule has 2 saturated heterocycles. The molecule has 6 aliphatic carbocycles. The number of allylic oxidation sites excluding steroid dienone is 1. The molecule has 4 unspecified atom stereocenters. The molecule has 2 heterocycles. The van der Waals surface area contributed by atoms with Gasteiger partial charge >= 0.3 is 0 Å². The first kappa shape index (κ1) is 19.0. The summed E-state index contributed by atoms with van der Waals surface area (Å²) in [7, 11) is 0. The Kier molecular flexibility index (Phi) is 3.25. The summed E-state index contributed by atoms with van der Waals surface area (Å²) in [5.41, 5.74) is 3.51. The van der Waals surface area contributed by atoms with Gasteiger partial charge in [0.25, 0.3) is 0 Å². The fraction of sp³-hybridized carbons (Fsp3) is 0.929. The summed E-state index contributed by atoms with van der Waals surface area (Å²) in [6.07, 6.45) is 15.8. The molecular formula is C28H41NO2. The number of fused-ring (bicyclic) bond motifs is 6. The quantitative estimate of drug-likeness (QED) is 0.548. The van der Waals surface area contributed by atoms with Crippen LogP contribution in [0.5, 0.6) is 0 Å². The third-order valence-electron chi connectivity index (χ3n) is 13.4. The van der Waals surface area contributed by atoms with Gasteiger partial charge in [-0.15, -0.1) is 0 Å². The molecule has 170 valence electrons. The fourth-order valence-corrected chi connectivity index (χ4v) is 11.8. The predicted molar refractivity (Wildman–Crippen MR) is 120 cm³/mol. The summed E-state index contributed by atoms with van der Waals surface area (Å²) in [5, 5.41) is 14.3. The standard InChI is InChI=1S/C28H41NO2/c1-16-10-23-25(3,29-14-16)22-13-27-15-26(27)12-21-19(20(26)7-9-28(22,27)31-23)5-4-17-11-18(30)6-8-24(17,21)2/h4,16,18-23,29-30H,5-15H2,1-3H3/t16-,18-,19?,20-,21?,22+,23+,24-,25-,26?,27?,28+/m0/s1. The number of piperidine rings is 1. The molecule has 0 aromatic carbocycles. The van der Waals surface area contributed by atoms with Crippen LogP contribution in [0.2, 0.25) is 0 Å². The van der Waals surface area contributed by atoms with Crippen LogP contribution in [-0.2, 0) is 4.74 Å². The van der Waals surface area contributed by atoms with Gasteiger partial charge in [-0.1, -0.05) is 25.5 Å². The second kappa shape index (κ2) is 5.31. The van der Waals surface area contributed by atoms with Gasteiger partial charge in [0.15, 0.2) is 0 Å². The maximum Gasteiger partial charge on any atom is 0.0795 e. The van der Waals surface area contributed by atoms with Crippen molar-refractivity contribution < 1.29 is 9.84 Å². The number of aliphatic hydroxyl groups excluding tert-OH is 1. The van der Waals surface area contributed by atoms with E-state index in [9.17, 15) is 5.11 Å². The van der Waals surface area contributed by atoms with E-state index in [4.69, 9.17) is 4.74 Å². The average molecular weight is 424 g/mol. The number of hydrogen-bond acceptors (Lipinski definition) is 3. The molecule has 0 radical (unpaired) electrons. The van der Waals surface area contributed by atoms with Crippen molar-refractivity contribution in [2.75, 3.05) is 6.54 Å². The smallest absolute Gasteiger partial charge is 0.0795 e. The van der Waals surface area contributed by atoms with Crippen LogP contribution in [0.25, 0.3) is 0 Å². The van der Waals surface area contributed by atoms with Crippen molar-refractivity contribution in [3.63, 3.8) is 0 Å². The van der Waals surface area contributed by atoms with Gasteiger partial charge in [0, 0.05) is 16.9 Å². The van der Waals surface area contributed by atoms with E-state index in [-0.39, 0.29) is 17.2 Å².